The van der Waals surface area contributed by atoms with Gasteiger partial charge in [0.25, 0.3) is 0 Å². The van der Waals surface area contributed by atoms with Crippen LogP contribution >= 0.6 is 0 Å². The summed E-state index contributed by atoms with van der Waals surface area (Å²) in [6.45, 7) is 17.1. The standard InChI is InChI=1S/C16H22FNO.2C2H6/c1-10(2)14(9-19)8-11(3)16(18-5)15(17)12(4)13-6-7-13;2*1-2/h8-9,13,18H,1,6-7H2,2-5H3;2*1-2H3/b14-8+,15-12-,16-11-;;. The van der Waals surface area contributed by atoms with Gasteiger partial charge in [-0.25, -0.2) is 4.39 Å². The van der Waals surface area contributed by atoms with Crippen molar-refractivity contribution < 1.29 is 9.18 Å². The molecule has 2 nitrogen and oxygen atoms in total. The van der Waals surface area contributed by atoms with Gasteiger partial charge in [-0.15, -0.1) is 0 Å². The van der Waals surface area contributed by atoms with Crippen LogP contribution in [0, 0.1) is 5.92 Å². The topological polar surface area (TPSA) is 29.1 Å². The molecule has 0 aliphatic heterocycles. The summed E-state index contributed by atoms with van der Waals surface area (Å²) in [5, 5.41) is 2.89. The van der Waals surface area contributed by atoms with E-state index in [0.29, 0.717) is 28.3 Å². The third-order valence-electron chi connectivity index (χ3n) is 3.39. The molecular formula is C20H34FNO. The molecule has 0 heterocycles. The van der Waals surface area contributed by atoms with Gasteiger partial charge < -0.3 is 5.32 Å². The number of rotatable bonds is 6. The van der Waals surface area contributed by atoms with Crippen molar-refractivity contribution >= 4 is 6.29 Å². The number of likely N-dealkylation sites (N-methyl/N-ethyl adjacent to an activating group) is 1. The van der Waals surface area contributed by atoms with Crippen LogP contribution in [0.25, 0.3) is 0 Å². The molecule has 0 atom stereocenters. The normalized spacial score (nSPS) is 15.8. The molecule has 0 spiro atoms. The lowest BCUT2D eigenvalue weighted by Gasteiger charge is -2.11. The first kappa shape index (κ1) is 23.6. The maximum atomic E-state index is 14.4. The summed E-state index contributed by atoms with van der Waals surface area (Å²) in [6.07, 6.45) is 4.54. The van der Waals surface area contributed by atoms with Gasteiger partial charge in [0, 0.05) is 12.6 Å². The van der Waals surface area contributed by atoms with Crippen molar-refractivity contribution in [3.63, 3.8) is 0 Å². The van der Waals surface area contributed by atoms with Gasteiger partial charge in [-0.2, -0.15) is 0 Å². The van der Waals surface area contributed by atoms with Crippen LogP contribution in [0.1, 0.15) is 61.3 Å². The Bertz CT molecular complexity index is 480. The second-order valence-corrected chi connectivity index (χ2v) is 5.08. The van der Waals surface area contributed by atoms with Gasteiger partial charge in [-0.05, 0) is 62.3 Å². The van der Waals surface area contributed by atoms with Crippen molar-refractivity contribution in [2.24, 2.45) is 5.92 Å². The SMILES string of the molecule is C=C(C)/C(C=O)=C/C(C)=C(NC)/C(F)=C(\C)C1CC1.CC.CC. The number of hydrogen-bond donors (Lipinski definition) is 1. The monoisotopic (exact) mass is 323 g/mol. The lowest BCUT2D eigenvalue weighted by Crippen LogP contribution is -2.10. The highest BCUT2D eigenvalue weighted by Crippen LogP contribution is 2.39. The molecule has 0 radical (unpaired) electrons. The van der Waals surface area contributed by atoms with E-state index in [0.717, 1.165) is 24.7 Å². The van der Waals surface area contributed by atoms with E-state index in [1.165, 1.54) is 0 Å². The number of carbonyl (C=O) groups is 1. The minimum atomic E-state index is -0.203. The Morgan fingerprint density at radius 3 is 1.91 bits per heavy atom. The van der Waals surface area contributed by atoms with Crippen LogP contribution in [0.15, 0.2) is 46.5 Å². The van der Waals surface area contributed by atoms with E-state index >= 15 is 0 Å². The van der Waals surface area contributed by atoms with Gasteiger partial charge in [0.05, 0.1) is 5.70 Å². The second-order valence-electron chi connectivity index (χ2n) is 5.08. The molecule has 1 saturated carbocycles. The van der Waals surface area contributed by atoms with E-state index in [2.05, 4.69) is 11.9 Å². The fourth-order valence-corrected chi connectivity index (χ4v) is 1.94. The largest absolute Gasteiger partial charge is 0.386 e. The maximum Gasteiger partial charge on any atom is 0.150 e. The van der Waals surface area contributed by atoms with Gasteiger partial charge >= 0.3 is 0 Å². The number of nitrogens with one attached hydrogen (secondary N) is 1. The lowest BCUT2D eigenvalue weighted by atomic mass is 10.0. The van der Waals surface area contributed by atoms with Crippen molar-refractivity contribution in [3.05, 3.63) is 46.5 Å². The van der Waals surface area contributed by atoms with E-state index in [-0.39, 0.29) is 5.83 Å². The Labute approximate surface area is 142 Å². The first-order valence-corrected chi connectivity index (χ1v) is 8.50. The Hall–Kier alpha value is -1.64. The zero-order chi connectivity index (χ0) is 18.6. The smallest absolute Gasteiger partial charge is 0.150 e. The zero-order valence-electron chi connectivity index (χ0n) is 16.1. The average Bonchev–Trinajstić information content (AvgIpc) is 3.40. The highest BCUT2D eigenvalue weighted by atomic mass is 19.1. The molecule has 1 N–H and O–H groups in total. The molecule has 132 valence electrons. The van der Waals surface area contributed by atoms with E-state index < -0.39 is 0 Å². The van der Waals surface area contributed by atoms with Crippen LogP contribution in [0.5, 0.6) is 0 Å². The van der Waals surface area contributed by atoms with Crippen molar-refractivity contribution in [1.29, 1.82) is 0 Å². The van der Waals surface area contributed by atoms with Crippen LogP contribution < -0.4 is 5.32 Å². The number of hydrogen-bond acceptors (Lipinski definition) is 2. The molecule has 23 heavy (non-hydrogen) atoms. The molecule has 0 unspecified atom stereocenters. The summed E-state index contributed by atoms with van der Waals surface area (Å²) in [5.41, 5.74) is 3.10. The van der Waals surface area contributed by atoms with Crippen molar-refractivity contribution in [1.82, 2.24) is 5.32 Å². The second kappa shape index (κ2) is 12.9. The Morgan fingerprint density at radius 1 is 1.13 bits per heavy atom. The molecule has 0 saturated heterocycles. The van der Waals surface area contributed by atoms with E-state index in [1.54, 1.807) is 27.0 Å². The molecule has 1 fully saturated rings. The van der Waals surface area contributed by atoms with Crippen LogP contribution in [0.3, 0.4) is 0 Å². The molecule has 0 aromatic heterocycles. The van der Waals surface area contributed by atoms with Crippen LogP contribution in [0.4, 0.5) is 4.39 Å². The van der Waals surface area contributed by atoms with E-state index in [9.17, 15) is 9.18 Å². The minimum absolute atomic E-state index is 0.203. The van der Waals surface area contributed by atoms with Crippen LogP contribution in [-0.2, 0) is 4.79 Å². The molecular weight excluding hydrogens is 289 g/mol. The number of halogens is 1. The Morgan fingerprint density at radius 2 is 1.61 bits per heavy atom. The predicted molar refractivity (Wildman–Crippen MR) is 99.9 cm³/mol. The first-order chi connectivity index (χ1) is 10.9. The van der Waals surface area contributed by atoms with Gasteiger partial charge in [-0.1, -0.05) is 34.3 Å². The fraction of sp³-hybridized carbons (Fsp3) is 0.550. The first-order valence-electron chi connectivity index (χ1n) is 8.50. The van der Waals surface area contributed by atoms with Crippen LogP contribution in [0.2, 0.25) is 0 Å². The van der Waals surface area contributed by atoms with Crippen LogP contribution in [-0.4, -0.2) is 13.3 Å². The summed E-state index contributed by atoms with van der Waals surface area (Å²) in [7, 11) is 1.69. The number of allylic oxidation sites excluding steroid dienone is 6. The van der Waals surface area contributed by atoms with Gasteiger partial charge in [0.2, 0.25) is 0 Å². The fourth-order valence-electron chi connectivity index (χ4n) is 1.94. The van der Waals surface area contributed by atoms with Gasteiger partial charge in [0.15, 0.2) is 0 Å². The number of carbonyl (C=O) groups excluding carboxylic acids is 1. The summed E-state index contributed by atoms with van der Waals surface area (Å²) >= 11 is 0. The third kappa shape index (κ3) is 7.96. The summed E-state index contributed by atoms with van der Waals surface area (Å²) < 4.78 is 14.4. The maximum absolute atomic E-state index is 14.4. The quantitative estimate of drug-likeness (QED) is 0.375. The predicted octanol–water partition coefficient (Wildman–Crippen LogP) is 5.89. The van der Waals surface area contributed by atoms with Crippen molar-refractivity contribution in [3.8, 4) is 0 Å². The lowest BCUT2D eigenvalue weighted by molar-refractivity contribution is -0.104. The Kier molecular flexibility index (Phi) is 13.2. The van der Waals surface area contributed by atoms with Gasteiger partial charge in [0.1, 0.15) is 12.1 Å². The van der Waals surface area contributed by atoms with E-state index in [1.807, 2.05) is 34.6 Å². The number of aldehydes is 1. The molecule has 0 bridgehead atoms. The molecule has 1 rings (SSSR count). The molecule has 1 aliphatic rings. The highest BCUT2D eigenvalue weighted by Gasteiger charge is 2.27. The zero-order valence-corrected chi connectivity index (χ0v) is 16.1. The summed E-state index contributed by atoms with van der Waals surface area (Å²) in [5.74, 6) is 0.178. The molecule has 1 aliphatic carbocycles. The highest BCUT2D eigenvalue weighted by molar-refractivity contribution is 5.80. The van der Waals surface area contributed by atoms with Crippen molar-refractivity contribution in [2.75, 3.05) is 7.05 Å². The minimum Gasteiger partial charge on any atom is -0.386 e. The average molecular weight is 323 g/mol. The van der Waals surface area contributed by atoms with Crippen molar-refractivity contribution in [2.45, 2.75) is 61.3 Å². The summed E-state index contributed by atoms with van der Waals surface area (Å²) in [6, 6.07) is 0. The Balaban J connectivity index is 0. The molecule has 0 aromatic carbocycles. The van der Waals surface area contributed by atoms with E-state index in [4.69, 9.17) is 0 Å². The molecule has 0 amide bonds. The summed E-state index contributed by atoms with van der Waals surface area (Å²) in [4.78, 5) is 10.9. The third-order valence-corrected chi connectivity index (χ3v) is 3.39. The molecule has 3 heteroatoms. The molecule has 0 aromatic rings. The van der Waals surface area contributed by atoms with Gasteiger partial charge in [-0.3, -0.25) is 4.79 Å².